The van der Waals surface area contributed by atoms with E-state index >= 15 is 0 Å². The predicted octanol–water partition coefficient (Wildman–Crippen LogP) is 4.59. The van der Waals surface area contributed by atoms with Gasteiger partial charge in [-0.3, -0.25) is 9.59 Å². The maximum Gasteiger partial charge on any atom is 0.257 e. The van der Waals surface area contributed by atoms with E-state index in [2.05, 4.69) is 17.2 Å². The first kappa shape index (κ1) is 17.3. The van der Waals surface area contributed by atoms with Crippen molar-refractivity contribution in [3.05, 3.63) is 46.8 Å². The molecule has 2 aromatic rings. The van der Waals surface area contributed by atoms with Crippen molar-refractivity contribution in [2.75, 3.05) is 11.1 Å². The summed E-state index contributed by atoms with van der Waals surface area (Å²) in [6, 6.07) is 7.82. The van der Waals surface area contributed by atoms with Gasteiger partial charge in [0.05, 0.1) is 11.3 Å². The Bertz CT molecular complexity index is 717. The zero-order valence-corrected chi connectivity index (χ0v) is 14.8. The van der Waals surface area contributed by atoms with E-state index in [1.807, 2.05) is 24.3 Å². The maximum absolute atomic E-state index is 12.5. The summed E-state index contributed by atoms with van der Waals surface area (Å²) >= 11 is 1.80. The zero-order valence-electron chi connectivity index (χ0n) is 13.9. The molecular weight excluding hydrogens is 308 g/mol. The number of carbonyl (C=O) groups is 2. The van der Waals surface area contributed by atoms with Crippen molar-refractivity contribution in [2.45, 2.75) is 39.0 Å². The highest BCUT2D eigenvalue weighted by Gasteiger charge is 2.20. The van der Waals surface area contributed by atoms with Crippen LogP contribution in [0.25, 0.3) is 0 Å². The van der Waals surface area contributed by atoms with Crippen LogP contribution in [0.5, 0.6) is 0 Å². The average Bonchev–Trinajstić information content (AvgIpc) is 2.81. The van der Waals surface area contributed by atoms with E-state index in [9.17, 15) is 9.59 Å². The van der Waals surface area contributed by atoms with Gasteiger partial charge in [-0.05, 0) is 55.9 Å². The highest BCUT2D eigenvalue weighted by molar-refractivity contribution is 7.99. The van der Waals surface area contributed by atoms with Crippen molar-refractivity contribution in [1.29, 1.82) is 0 Å². The molecule has 0 aliphatic heterocycles. The molecule has 0 bridgehead atoms. The third-order valence-corrected chi connectivity index (χ3v) is 4.82. The van der Waals surface area contributed by atoms with Crippen molar-refractivity contribution in [3.8, 4) is 0 Å². The van der Waals surface area contributed by atoms with E-state index in [0.29, 0.717) is 22.5 Å². The van der Waals surface area contributed by atoms with Gasteiger partial charge < -0.3 is 10.3 Å². The van der Waals surface area contributed by atoms with Crippen molar-refractivity contribution >= 4 is 29.1 Å². The second-order valence-electron chi connectivity index (χ2n) is 5.51. The predicted molar refractivity (Wildman–Crippen MR) is 95.7 cm³/mol. The lowest BCUT2D eigenvalue weighted by molar-refractivity contribution is 0.101. The first-order chi connectivity index (χ1) is 10.9. The molecule has 0 unspecified atom stereocenters. The number of aryl methyl sites for hydroxylation is 1. The molecule has 23 heavy (non-hydrogen) atoms. The van der Waals surface area contributed by atoms with E-state index < -0.39 is 0 Å². The summed E-state index contributed by atoms with van der Waals surface area (Å²) in [5, 5.41) is 2.90. The molecule has 5 heteroatoms. The van der Waals surface area contributed by atoms with Gasteiger partial charge in [0.25, 0.3) is 5.91 Å². The summed E-state index contributed by atoms with van der Waals surface area (Å²) in [5.74, 6) is 0.820. The Morgan fingerprint density at radius 3 is 2.35 bits per heavy atom. The van der Waals surface area contributed by atoms with Crippen LogP contribution in [0.2, 0.25) is 0 Å². The van der Waals surface area contributed by atoms with Crippen LogP contribution in [0.4, 0.5) is 5.69 Å². The maximum atomic E-state index is 12.5. The summed E-state index contributed by atoms with van der Waals surface area (Å²) in [6.45, 7) is 7.24. The largest absolute Gasteiger partial charge is 0.355 e. The minimum absolute atomic E-state index is 0.0676. The Kier molecular flexibility index (Phi) is 5.66. The van der Waals surface area contributed by atoms with Crippen LogP contribution in [-0.4, -0.2) is 22.4 Å². The zero-order chi connectivity index (χ0) is 17.0. The fourth-order valence-corrected chi connectivity index (χ4v) is 3.26. The molecule has 122 valence electrons. The number of ketones is 1. The molecule has 0 aliphatic rings. The van der Waals surface area contributed by atoms with E-state index in [-0.39, 0.29) is 11.7 Å². The van der Waals surface area contributed by atoms with Crippen LogP contribution in [-0.2, 0) is 0 Å². The summed E-state index contributed by atoms with van der Waals surface area (Å²) in [7, 11) is 0. The summed E-state index contributed by atoms with van der Waals surface area (Å²) in [5.41, 5.74) is 3.20. The molecule has 1 amide bonds. The van der Waals surface area contributed by atoms with Gasteiger partial charge in [0.1, 0.15) is 0 Å². The number of benzene rings is 1. The molecule has 1 aromatic heterocycles. The Balaban J connectivity index is 2.15. The molecule has 2 rings (SSSR count). The van der Waals surface area contributed by atoms with Crippen LogP contribution in [0.1, 0.15) is 52.4 Å². The number of rotatable bonds is 6. The highest BCUT2D eigenvalue weighted by atomic mass is 32.2. The van der Waals surface area contributed by atoms with Crippen LogP contribution >= 0.6 is 11.8 Å². The topological polar surface area (TPSA) is 62.0 Å². The van der Waals surface area contributed by atoms with Crippen molar-refractivity contribution in [2.24, 2.45) is 0 Å². The minimum Gasteiger partial charge on any atom is -0.355 e. The number of aromatic amines is 1. The molecular formula is C18H22N2O2S. The van der Waals surface area contributed by atoms with Crippen molar-refractivity contribution < 1.29 is 9.59 Å². The highest BCUT2D eigenvalue weighted by Crippen LogP contribution is 2.23. The molecule has 0 atom stereocenters. The summed E-state index contributed by atoms with van der Waals surface area (Å²) in [4.78, 5) is 28.3. The summed E-state index contributed by atoms with van der Waals surface area (Å²) < 4.78 is 0. The Morgan fingerprint density at radius 2 is 1.83 bits per heavy atom. The number of aromatic nitrogens is 1. The second kappa shape index (κ2) is 7.51. The van der Waals surface area contributed by atoms with Gasteiger partial charge in [0, 0.05) is 23.2 Å². The fraction of sp³-hybridized carbons (Fsp3) is 0.333. The molecule has 1 aromatic carbocycles. The average molecular weight is 330 g/mol. The molecule has 0 fully saturated rings. The molecule has 0 radical (unpaired) electrons. The molecule has 2 N–H and O–H groups in total. The fourth-order valence-electron chi connectivity index (χ4n) is 2.49. The number of hydrogen-bond acceptors (Lipinski definition) is 3. The monoisotopic (exact) mass is 330 g/mol. The number of thioether (sulfide) groups is 1. The Morgan fingerprint density at radius 1 is 1.17 bits per heavy atom. The first-order valence-corrected chi connectivity index (χ1v) is 8.67. The van der Waals surface area contributed by atoms with Crippen LogP contribution in [0, 0.1) is 13.8 Å². The number of carbonyl (C=O) groups excluding carboxylic acids is 2. The normalized spacial score (nSPS) is 10.6. The van der Waals surface area contributed by atoms with Crippen LogP contribution < -0.4 is 5.32 Å². The molecule has 1 heterocycles. The van der Waals surface area contributed by atoms with Gasteiger partial charge in [-0.2, -0.15) is 0 Å². The van der Waals surface area contributed by atoms with Gasteiger partial charge >= 0.3 is 0 Å². The summed E-state index contributed by atoms with van der Waals surface area (Å²) in [6.07, 6.45) is 1.13. The Labute approximate surface area is 141 Å². The van der Waals surface area contributed by atoms with Crippen molar-refractivity contribution in [1.82, 2.24) is 4.98 Å². The van der Waals surface area contributed by atoms with Gasteiger partial charge in [0.2, 0.25) is 0 Å². The number of anilines is 1. The quantitative estimate of drug-likeness (QED) is 0.601. The molecule has 0 aliphatic carbocycles. The number of Topliss-reactive ketones (excluding diaryl/α,β-unsaturated/α-hetero) is 1. The van der Waals surface area contributed by atoms with Gasteiger partial charge in [0.15, 0.2) is 5.78 Å². The number of H-pyrrole nitrogens is 1. The smallest absolute Gasteiger partial charge is 0.257 e. The molecule has 4 nitrogen and oxygen atoms in total. The lowest BCUT2D eigenvalue weighted by atomic mass is 10.1. The van der Waals surface area contributed by atoms with Gasteiger partial charge in [-0.15, -0.1) is 11.8 Å². The van der Waals surface area contributed by atoms with Crippen LogP contribution in [0.15, 0.2) is 29.2 Å². The minimum atomic E-state index is -0.197. The third-order valence-electron chi connectivity index (χ3n) is 3.60. The molecule has 0 saturated carbocycles. The van der Waals surface area contributed by atoms with E-state index in [1.165, 1.54) is 11.8 Å². The van der Waals surface area contributed by atoms with E-state index in [4.69, 9.17) is 0 Å². The SMILES string of the molecule is CCCSc1ccc(NC(=O)c2c(C)[nH]c(C(C)=O)c2C)cc1. The molecule has 0 spiro atoms. The second-order valence-corrected chi connectivity index (χ2v) is 6.68. The third kappa shape index (κ3) is 4.05. The first-order valence-electron chi connectivity index (χ1n) is 7.68. The van der Waals surface area contributed by atoms with Crippen LogP contribution in [0.3, 0.4) is 0 Å². The van der Waals surface area contributed by atoms with Crippen molar-refractivity contribution in [3.63, 3.8) is 0 Å². The van der Waals surface area contributed by atoms with E-state index in [1.54, 1.807) is 25.6 Å². The Hall–Kier alpha value is -2.01. The molecule has 0 saturated heterocycles. The number of nitrogens with one attached hydrogen (secondary N) is 2. The standard InChI is InChI=1S/C18H22N2O2S/c1-5-10-23-15-8-6-14(7-9-15)20-18(22)16-11(2)17(13(4)21)19-12(16)3/h6-9,19H,5,10H2,1-4H3,(H,20,22). The number of amides is 1. The lowest BCUT2D eigenvalue weighted by Crippen LogP contribution is -2.13. The lowest BCUT2D eigenvalue weighted by Gasteiger charge is -2.07. The number of hydrogen-bond donors (Lipinski definition) is 2. The van der Waals surface area contributed by atoms with Gasteiger partial charge in [-0.25, -0.2) is 0 Å². The van der Waals surface area contributed by atoms with Gasteiger partial charge in [-0.1, -0.05) is 6.92 Å². The van der Waals surface area contributed by atoms with E-state index in [0.717, 1.165) is 17.9 Å².